The van der Waals surface area contributed by atoms with Gasteiger partial charge in [-0.3, -0.25) is 4.79 Å². The summed E-state index contributed by atoms with van der Waals surface area (Å²) in [4.78, 5) is 25.7. The van der Waals surface area contributed by atoms with Crippen molar-refractivity contribution in [3.8, 4) is 0 Å². The largest absolute Gasteiger partial charge is 0.481 e. The van der Waals surface area contributed by atoms with E-state index in [1.807, 2.05) is 6.92 Å². The fourth-order valence-corrected chi connectivity index (χ4v) is 3.95. The number of carboxylic acids is 1. The van der Waals surface area contributed by atoms with Gasteiger partial charge in [-0.2, -0.15) is 0 Å². The predicted octanol–water partition coefficient (Wildman–Crippen LogP) is 2.56. The third-order valence-corrected chi connectivity index (χ3v) is 5.39. The van der Waals surface area contributed by atoms with E-state index in [0.717, 1.165) is 32.2 Å². The summed E-state index contributed by atoms with van der Waals surface area (Å²) in [6.07, 6.45) is 4.05. The maximum atomic E-state index is 12.4. The molecule has 0 spiro atoms. The molecule has 21 heavy (non-hydrogen) atoms. The van der Waals surface area contributed by atoms with Gasteiger partial charge < -0.3 is 15.3 Å². The predicted molar refractivity (Wildman–Crippen MR) is 81.0 cm³/mol. The highest BCUT2D eigenvalue weighted by Crippen LogP contribution is 2.48. The quantitative estimate of drug-likeness (QED) is 0.791. The van der Waals surface area contributed by atoms with E-state index in [-0.39, 0.29) is 18.0 Å². The maximum Gasteiger partial charge on any atom is 0.317 e. The first kappa shape index (κ1) is 16.1. The monoisotopic (exact) mass is 296 g/mol. The second-order valence-corrected chi connectivity index (χ2v) is 6.72. The third-order valence-electron chi connectivity index (χ3n) is 5.39. The van der Waals surface area contributed by atoms with Crippen molar-refractivity contribution in [3.05, 3.63) is 0 Å². The fraction of sp³-hybridized carbons (Fsp3) is 0.875. The highest BCUT2D eigenvalue weighted by molar-refractivity contribution is 5.77. The SMILES string of the molecule is CCC(C)CN(CC)C(=O)NC1C2CCC(C2)C1C(=O)O. The van der Waals surface area contributed by atoms with Crippen LogP contribution < -0.4 is 5.32 Å². The van der Waals surface area contributed by atoms with E-state index in [1.54, 1.807) is 4.90 Å². The first-order chi connectivity index (χ1) is 9.97. The van der Waals surface area contributed by atoms with Crippen LogP contribution in [0.2, 0.25) is 0 Å². The molecule has 0 heterocycles. The first-order valence-corrected chi connectivity index (χ1v) is 8.26. The lowest BCUT2D eigenvalue weighted by Gasteiger charge is -2.32. The third kappa shape index (κ3) is 3.33. The van der Waals surface area contributed by atoms with Crippen LogP contribution in [-0.2, 0) is 4.79 Å². The molecule has 120 valence electrons. The summed E-state index contributed by atoms with van der Waals surface area (Å²) in [7, 11) is 0. The number of rotatable bonds is 6. The van der Waals surface area contributed by atoms with Crippen molar-refractivity contribution in [2.45, 2.75) is 52.5 Å². The summed E-state index contributed by atoms with van der Waals surface area (Å²) >= 11 is 0. The minimum Gasteiger partial charge on any atom is -0.481 e. The number of nitrogens with zero attached hydrogens (tertiary/aromatic N) is 1. The van der Waals surface area contributed by atoms with Crippen molar-refractivity contribution in [3.63, 3.8) is 0 Å². The average molecular weight is 296 g/mol. The molecule has 2 rings (SSSR count). The molecule has 5 heteroatoms. The van der Waals surface area contributed by atoms with Crippen LogP contribution in [0, 0.1) is 23.7 Å². The summed E-state index contributed by atoms with van der Waals surface area (Å²) in [6, 6.07) is -0.277. The van der Waals surface area contributed by atoms with Crippen molar-refractivity contribution in [2.24, 2.45) is 23.7 Å². The molecule has 5 nitrogen and oxygen atoms in total. The Kier molecular flexibility index (Phi) is 5.12. The average Bonchev–Trinajstić information content (AvgIpc) is 3.04. The van der Waals surface area contributed by atoms with Crippen molar-refractivity contribution < 1.29 is 14.7 Å². The second-order valence-electron chi connectivity index (χ2n) is 6.72. The summed E-state index contributed by atoms with van der Waals surface area (Å²) in [6.45, 7) is 7.61. The highest BCUT2D eigenvalue weighted by atomic mass is 16.4. The topological polar surface area (TPSA) is 69.6 Å². The molecule has 2 amide bonds. The van der Waals surface area contributed by atoms with Crippen LogP contribution in [-0.4, -0.2) is 41.1 Å². The van der Waals surface area contributed by atoms with Crippen LogP contribution in [0.1, 0.15) is 46.5 Å². The van der Waals surface area contributed by atoms with E-state index in [2.05, 4.69) is 19.2 Å². The highest BCUT2D eigenvalue weighted by Gasteiger charge is 2.51. The minimum absolute atomic E-state index is 0.0957. The lowest BCUT2D eigenvalue weighted by atomic mass is 9.84. The van der Waals surface area contributed by atoms with Crippen molar-refractivity contribution in [2.75, 3.05) is 13.1 Å². The van der Waals surface area contributed by atoms with Crippen molar-refractivity contribution in [1.82, 2.24) is 10.2 Å². The van der Waals surface area contributed by atoms with Crippen LogP contribution in [0.15, 0.2) is 0 Å². The normalized spacial score (nSPS) is 32.0. The molecule has 2 fully saturated rings. The molecule has 2 bridgehead atoms. The maximum absolute atomic E-state index is 12.4. The van der Waals surface area contributed by atoms with E-state index < -0.39 is 11.9 Å². The number of amides is 2. The van der Waals surface area contributed by atoms with Crippen LogP contribution in [0.3, 0.4) is 0 Å². The molecule has 0 aliphatic heterocycles. The molecule has 0 saturated heterocycles. The molecular weight excluding hydrogens is 268 g/mol. The molecule has 0 radical (unpaired) electrons. The van der Waals surface area contributed by atoms with E-state index in [4.69, 9.17) is 0 Å². The summed E-state index contributed by atoms with van der Waals surface area (Å²) < 4.78 is 0. The van der Waals surface area contributed by atoms with Gasteiger partial charge >= 0.3 is 12.0 Å². The van der Waals surface area contributed by atoms with Crippen LogP contribution in [0.4, 0.5) is 4.79 Å². The Labute approximate surface area is 127 Å². The Morgan fingerprint density at radius 1 is 1.29 bits per heavy atom. The molecule has 5 unspecified atom stereocenters. The lowest BCUT2D eigenvalue weighted by Crippen LogP contribution is -2.52. The molecule has 5 atom stereocenters. The van der Waals surface area contributed by atoms with Gasteiger partial charge in [-0.15, -0.1) is 0 Å². The van der Waals surface area contributed by atoms with Gasteiger partial charge in [-0.1, -0.05) is 20.3 Å². The summed E-state index contributed by atoms with van der Waals surface area (Å²) in [5.41, 5.74) is 0. The van der Waals surface area contributed by atoms with Crippen molar-refractivity contribution in [1.29, 1.82) is 0 Å². The molecule has 0 aromatic rings. The number of fused-ring (bicyclic) bond motifs is 2. The first-order valence-electron chi connectivity index (χ1n) is 8.26. The molecule has 2 aliphatic carbocycles. The molecule has 2 saturated carbocycles. The number of carbonyl (C=O) groups is 2. The van der Waals surface area contributed by atoms with Gasteiger partial charge in [-0.05, 0) is 43.9 Å². The molecule has 2 aliphatic rings. The van der Waals surface area contributed by atoms with E-state index in [1.165, 1.54) is 0 Å². The number of nitrogens with one attached hydrogen (secondary N) is 1. The second kappa shape index (κ2) is 6.67. The lowest BCUT2D eigenvalue weighted by molar-refractivity contribution is -0.144. The van der Waals surface area contributed by atoms with Gasteiger partial charge in [0, 0.05) is 19.1 Å². The standard InChI is InChI=1S/C16H28N2O3/c1-4-10(3)9-18(5-2)16(21)17-14-12-7-6-11(8-12)13(14)15(19)20/h10-14H,4-9H2,1-3H3,(H,17,21)(H,19,20). The van der Waals surface area contributed by atoms with Gasteiger partial charge in [-0.25, -0.2) is 4.79 Å². The Morgan fingerprint density at radius 3 is 2.52 bits per heavy atom. The van der Waals surface area contributed by atoms with Gasteiger partial charge in [0.05, 0.1) is 5.92 Å². The molecule has 2 N–H and O–H groups in total. The zero-order valence-corrected chi connectivity index (χ0v) is 13.3. The molecular formula is C16H28N2O3. The Hall–Kier alpha value is -1.26. The Bertz CT molecular complexity index is 399. The fourth-order valence-electron chi connectivity index (χ4n) is 3.95. The number of hydrogen-bond donors (Lipinski definition) is 2. The molecule has 0 aromatic carbocycles. The smallest absolute Gasteiger partial charge is 0.317 e. The van der Waals surface area contributed by atoms with Crippen LogP contribution >= 0.6 is 0 Å². The van der Waals surface area contributed by atoms with E-state index in [9.17, 15) is 14.7 Å². The van der Waals surface area contributed by atoms with E-state index in [0.29, 0.717) is 18.4 Å². The number of urea groups is 1. The zero-order valence-electron chi connectivity index (χ0n) is 13.3. The Balaban J connectivity index is 1.99. The molecule has 0 aromatic heterocycles. The van der Waals surface area contributed by atoms with Crippen molar-refractivity contribution >= 4 is 12.0 Å². The summed E-state index contributed by atoms with van der Waals surface area (Å²) in [5.74, 6) is -0.0803. The number of aliphatic carboxylic acids is 1. The van der Waals surface area contributed by atoms with Gasteiger partial charge in [0.2, 0.25) is 0 Å². The Morgan fingerprint density at radius 2 is 1.95 bits per heavy atom. The number of carbonyl (C=O) groups excluding carboxylic acids is 1. The van der Waals surface area contributed by atoms with Gasteiger partial charge in [0.25, 0.3) is 0 Å². The van der Waals surface area contributed by atoms with Crippen LogP contribution in [0.25, 0.3) is 0 Å². The van der Waals surface area contributed by atoms with Gasteiger partial charge in [0.1, 0.15) is 0 Å². The van der Waals surface area contributed by atoms with Crippen LogP contribution in [0.5, 0.6) is 0 Å². The van der Waals surface area contributed by atoms with Gasteiger partial charge in [0.15, 0.2) is 0 Å². The zero-order chi connectivity index (χ0) is 15.6. The van der Waals surface area contributed by atoms with E-state index >= 15 is 0 Å². The summed E-state index contributed by atoms with van der Waals surface area (Å²) in [5, 5.41) is 12.5. The number of carboxylic acid groups (broad SMARTS) is 1. The minimum atomic E-state index is -0.752. The number of hydrogen-bond acceptors (Lipinski definition) is 2.